The van der Waals surface area contributed by atoms with Crippen molar-refractivity contribution >= 4 is 29.2 Å². The number of aryl methyl sites for hydroxylation is 2. The van der Waals surface area contributed by atoms with Crippen LogP contribution in [0, 0.1) is 12.8 Å². The van der Waals surface area contributed by atoms with Gasteiger partial charge in [0, 0.05) is 32.2 Å². The topological polar surface area (TPSA) is 138 Å². The van der Waals surface area contributed by atoms with Gasteiger partial charge in [0.2, 0.25) is 0 Å². The van der Waals surface area contributed by atoms with Gasteiger partial charge in [-0.05, 0) is 56.3 Å². The Morgan fingerprint density at radius 2 is 1.93 bits per heavy atom. The minimum absolute atomic E-state index is 0.182. The number of aliphatic hydroxyl groups is 1. The molecule has 12 heteroatoms. The Balaban J connectivity index is 1.64. The highest BCUT2D eigenvalue weighted by Crippen LogP contribution is 2.35. The minimum atomic E-state index is -0.561. The number of para-hydroxylation sites is 1. The van der Waals surface area contributed by atoms with Crippen molar-refractivity contribution in [2.45, 2.75) is 32.9 Å². The van der Waals surface area contributed by atoms with E-state index >= 15 is 0 Å². The van der Waals surface area contributed by atoms with Crippen molar-refractivity contribution in [3.63, 3.8) is 0 Å². The van der Waals surface area contributed by atoms with Crippen LogP contribution in [0.4, 0.5) is 16.2 Å². The fraction of sp³-hybridized carbons (Fsp3) is 0.400. The molecule has 224 valence electrons. The van der Waals surface area contributed by atoms with Crippen molar-refractivity contribution in [3.8, 4) is 11.5 Å². The summed E-state index contributed by atoms with van der Waals surface area (Å²) in [7, 11) is 4.91. The average molecular weight is 579 g/mol. The summed E-state index contributed by atoms with van der Waals surface area (Å²) < 4.78 is 13.2. The van der Waals surface area contributed by atoms with Crippen LogP contribution in [0.5, 0.6) is 11.5 Å². The van der Waals surface area contributed by atoms with Crippen LogP contribution >= 0.6 is 0 Å². The average Bonchev–Trinajstić information content (AvgIpc) is 3.32. The van der Waals surface area contributed by atoms with Crippen molar-refractivity contribution in [3.05, 3.63) is 65.5 Å². The fourth-order valence-corrected chi connectivity index (χ4v) is 4.82. The van der Waals surface area contributed by atoms with E-state index in [1.54, 1.807) is 88.5 Å². The Morgan fingerprint density at radius 3 is 2.55 bits per heavy atom. The first-order valence-corrected chi connectivity index (χ1v) is 13.7. The fourth-order valence-electron chi connectivity index (χ4n) is 4.82. The molecule has 42 heavy (non-hydrogen) atoms. The van der Waals surface area contributed by atoms with Crippen molar-refractivity contribution in [2.24, 2.45) is 13.0 Å². The van der Waals surface area contributed by atoms with Gasteiger partial charge in [0.15, 0.2) is 5.75 Å². The van der Waals surface area contributed by atoms with Crippen molar-refractivity contribution < 1.29 is 29.0 Å². The van der Waals surface area contributed by atoms with Crippen molar-refractivity contribution in [1.29, 1.82) is 0 Å². The van der Waals surface area contributed by atoms with Gasteiger partial charge in [-0.1, -0.05) is 13.0 Å². The number of nitrogens with zero attached hydrogens (tertiary/aromatic N) is 4. The molecule has 0 aliphatic carbocycles. The molecule has 0 fully saturated rings. The molecule has 1 aromatic heterocycles. The minimum Gasteiger partial charge on any atom is -0.497 e. The van der Waals surface area contributed by atoms with Crippen LogP contribution in [0.2, 0.25) is 0 Å². The van der Waals surface area contributed by atoms with Crippen LogP contribution < -0.4 is 20.1 Å². The van der Waals surface area contributed by atoms with Gasteiger partial charge >= 0.3 is 6.03 Å². The molecule has 3 N–H and O–H groups in total. The van der Waals surface area contributed by atoms with E-state index in [-0.39, 0.29) is 42.3 Å². The number of hydrogen-bond donors (Lipinski definition) is 3. The number of aliphatic hydroxyl groups excluding tert-OH is 1. The van der Waals surface area contributed by atoms with Gasteiger partial charge in [0.05, 0.1) is 43.2 Å². The number of rotatable bonds is 8. The lowest BCUT2D eigenvalue weighted by atomic mass is 9.99. The standard InChI is InChI=1S/C30H38N6O6/c1-18-15-36(20(3)17-37)29(39)23-8-7-9-24(32-28(38)25-14-19(2)33-35(25)5)27(23)42-26(18)16-34(4)30(40)31-21-10-12-22(41-6)13-11-21/h7-14,18,20,26,37H,15-17H2,1-6H3,(H,31,40)(H,32,38)/t18-,20-,26-/m1/s1. The molecular formula is C30H38N6O6. The maximum Gasteiger partial charge on any atom is 0.321 e. The summed E-state index contributed by atoms with van der Waals surface area (Å²) in [6.07, 6.45) is -0.561. The molecule has 0 saturated heterocycles. The van der Waals surface area contributed by atoms with Gasteiger partial charge in [-0.2, -0.15) is 5.10 Å². The Morgan fingerprint density at radius 1 is 1.21 bits per heavy atom. The number of hydrogen-bond acceptors (Lipinski definition) is 7. The molecule has 0 spiro atoms. The summed E-state index contributed by atoms with van der Waals surface area (Å²) in [4.78, 5) is 43.1. The summed E-state index contributed by atoms with van der Waals surface area (Å²) in [5.74, 6) is -0.101. The highest BCUT2D eigenvalue weighted by atomic mass is 16.5. The number of methoxy groups -OCH3 is 1. The Kier molecular flexibility index (Phi) is 9.36. The third-order valence-electron chi connectivity index (χ3n) is 7.32. The van der Waals surface area contributed by atoms with Gasteiger partial charge < -0.3 is 35.0 Å². The van der Waals surface area contributed by atoms with Gasteiger partial charge in [-0.3, -0.25) is 14.3 Å². The molecule has 3 aromatic rings. The molecule has 12 nitrogen and oxygen atoms in total. The van der Waals surface area contributed by atoms with Crippen LogP contribution in [-0.4, -0.2) is 88.5 Å². The van der Waals surface area contributed by atoms with Crippen LogP contribution in [0.1, 0.15) is 40.4 Å². The molecule has 0 radical (unpaired) electrons. The lowest BCUT2D eigenvalue weighted by Gasteiger charge is -2.38. The van der Waals surface area contributed by atoms with Gasteiger partial charge in [0.25, 0.3) is 11.8 Å². The summed E-state index contributed by atoms with van der Waals surface area (Å²) in [5.41, 5.74) is 2.20. The second kappa shape index (κ2) is 12.9. The smallest absolute Gasteiger partial charge is 0.321 e. The van der Waals surface area contributed by atoms with Gasteiger partial charge in [-0.25, -0.2) is 4.79 Å². The van der Waals surface area contributed by atoms with E-state index < -0.39 is 18.1 Å². The van der Waals surface area contributed by atoms with Crippen molar-refractivity contribution in [2.75, 3.05) is 44.5 Å². The number of nitrogens with one attached hydrogen (secondary N) is 2. The maximum absolute atomic E-state index is 13.7. The molecule has 0 saturated carbocycles. The highest BCUT2D eigenvalue weighted by molar-refractivity contribution is 6.06. The highest BCUT2D eigenvalue weighted by Gasteiger charge is 2.35. The van der Waals surface area contributed by atoms with Gasteiger partial charge in [-0.15, -0.1) is 0 Å². The molecule has 2 aromatic carbocycles. The molecule has 2 heterocycles. The summed E-state index contributed by atoms with van der Waals surface area (Å²) >= 11 is 0. The summed E-state index contributed by atoms with van der Waals surface area (Å²) in [6, 6.07) is 12.8. The Bertz CT molecular complexity index is 1440. The molecule has 4 rings (SSSR count). The van der Waals surface area contributed by atoms with E-state index in [9.17, 15) is 19.5 Å². The first-order chi connectivity index (χ1) is 20.0. The number of urea groups is 1. The molecule has 0 unspecified atom stereocenters. The first kappa shape index (κ1) is 30.4. The van der Waals surface area contributed by atoms with Crippen LogP contribution in [-0.2, 0) is 7.05 Å². The zero-order chi connectivity index (χ0) is 30.6. The number of carbonyl (C=O) groups excluding carboxylic acids is 3. The molecule has 3 atom stereocenters. The lowest BCUT2D eigenvalue weighted by molar-refractivity contribution is 0.0372. The molecule has 1 aliphatic rings. The number of ether oxygens (including phenoxy) is 2. The van der Waals surface area contributed by atoms with E-state index in [4.69, 9.17) is 9.47 Å². The third-order valence-corrected chi connectivity index (χ3v) is 7.32. The second-order valence-corrected chi connectivity index (χ2v) is 10.6. The zero-order valence-corrected chi connectivity index (χ0v) is 24.7. The van der Waals surface area contributed by atoms with Crippen LogP contribution in [0.15, 0.2) is 48.5 Å². The first-order valence-electron chi connectivity index (χ1n) is 13.7. The molecule has 4 amide bonds. The maximum atomic E-state index is 13.7. The third kappa shape index (κ3) is 6.65. The predicted octanol–water partition coefficient (Wildman–Crippen LogP) is 3.37. The normalized spacial score (nSPS) is 17.3. The number of anilines is 2. The van der Waals surface area contributed by atoms with E-state index in [1.807, 2.05) is 6.92 Å². The molecular weight excluding hydrogens is 540 g/mol. The number of amides is 4. The SMILES string of the molecule is COc1ccc(NC(=O)N(C)C[C@H]2Oc3c(NC(=O)c4cc(C)nn4C)cccc3C(=O)N([C@H](C)CO)C[C@H]2C)cc1. The molecule has 1 aliphatic heterocycles. The number of likely N-dealkylation sites (N-methyl/N-ethyl adjacent to an activating group) is 1. The number of benzene rings is 2. The Hall–Kier alpha value is -4.58. The van der Waals surface area contributed by atoms with Crippen LogP contribution in [0.25, 0.3) is 0 Å². The van der Waals surface area contributed by atoms with E-state index in [1.165, 1.54) is 9.58 Å². The second-order valence-electron chi connectivity index (χ2n) is 10.6. The predicted molar refractivity (Wildman–Crippen MR) is 158 cm³/mol. The Labute approximate surface area is 245 Å². The monoisotopic (exact) mass is 578 g/mol. The summed E-state index contributed by atoms with van der Waals surface area (Å²) in [6.45, 7) is 5.74. The number of aromatic nitrogens is 2. The lowest BCUT2D eigenvalue weighted by Crippen LogP contribution is -2.50. The van der Waals surface area contributed by atoms with Crippen molar-refractivity contribution in [1.82, 2.24) is 19.6 Å². The zero-order valence-electron chi connectivity index (χ0n) is 24.7. The van der Waals surface area contributed by atoms with E-state index in [0.29, 0.717) is 35.1 Å². The number of fused-ring (bicyclic) bond motifs is 1. The van der Waals surface area contributed by atoms with Gasteiger partial charge in [0.1, 0.15) is 17.5 Å². The largest absolute Gasteiger partial charge is 0.497 e. The molecule has 0 bridgehead atoms. The van der Waals surface area contributed by atoms with E-state index in [0.717, 1.165) is 0 Å². The quantitative estimate of drug-likeness (QED) is 0.373. The van der Waals surface area contributed by atoms with Crippen LogP contribution in [0.3, 0.4) is 0 Å². The van der Waals surface area contributed by atoms with E-state index in [2.05, 4.69) is 15.7 Å². The summed E-state index contributed by atoms with van der Waals surface area (Å²) in [5, 5.41) is 19.9. The number of carbonyl (C=O) groups is 3.